The van der Waals surface area contributed by atoms with Gasteiger partial charge in [-0.2, -0.15) is 0 Å². The molecule has 1 aliphatic heterocycles. The molecule has 1 saturated heterocycles. The molecule has 1 aromatic rings. The molecular weight excluding hydrogens is 306 g/mol. The summed E-state index contributed by atoms with van der Waals surface area (Å²) in [4.78, 5) is 15.0. The number of piperidine rings is 1. The highest BCUT2D eigenvalue weighted by Gasteiger charge is 2.41. The summed E-state index contributed by atoms with van der Waals surface area (Å²) in [5.74, 6) is 1.71. The number of hydrogen-bond donors (Lipinski definition) is 0. The van der Waals surface area contributed by atoms with E-state index in [1.54, 1.807) is 0 Å². The van der Waals surface area contributed by atoms with Crippen molar-refractivity contribution in [3.63, 3.8) is 0 Å². The summed E-state index contributed by atoms with van der Waals surface area (Å²) in [5.41, 5.74) is 1.45. The molecule has 3 rings (SSSR count). The van der Waals surface area contributed by atoms with Crippen LogP contribution in [-0.2, 0) is 4.79 Å². The Morgan fingerprint density at radius 3 is 2.43 bits per heavy atom. The van der Waals surface area contributed by atoms with E-state index in [0.717, 1.165) is 31.0 Å². The van der Waals surface area contributed by atoms with Crippen LogP contribution < -0.4 is 0 Å². The van der Waals surface area contributed by atoms with Gasteiger partial charge in [-0.3, -0.25) is 4.79 Å². The minimum Gasteiger partial charge on any atom is -0.342 e. The summed E-state index contributed by atoms with van der Waals surface area (Å²) in [6.07, 6.45) is 4.54. The van der Waals surface area contributed by atoms with Gasteiger partial charge in [-0.15, -0.1) is 0 Å². The number of hydrogen-bond acceptors (Lipinski definition) is 1. The molecule has 1 saturated carbocycles. The number of rotatable bonds is 2. The third kappa shape index (κ3) is 3.42. The van der Waals surface area contributed by atoms with E-state index in [4.69, 9.17) is 11.6 Å². The highest BCUT2D eigenvalue weighted by molar-refractivity contribution is 6.30. The fourth-order valence-electron chi connectivity index (χ4n) is 4.60. The summed E-state index contributed by atoms with van der Waals surface area (Å²) in [5, 5.41) is 0.786. The molecule has 0 bridgehead atoms. The molecule has 3 atom stereocenters. The van der Waals surface area contributed by atoms with Crippen LogP contribution in [0.15, 0.2) is 24.3 Å². The first-order chi connectivity index (χ1) is 10.9. The van der Waals surface area contributed by atoms with Crippen LogP contribution in [0.25, 0.3) is 0 Å². The Morgan fingerprint density at radius 1 is 1.17 bits per heavy atom. The highest BCUT2D eigenvalue weighted by Crippen LogP contribution is 2.43. The summed E-state index contributed by atoms with van der Waals surface area (Å²) in [6.45, 7) is 8.58. The van der Waals surface area contributed by atoms with Crippen LogP contribution in [0.4, 0.5) is 0 Å². The zero-order valence-corrected chi connectivity index (χ0v) is 15.3. The molecule has 2 nitrogen and oxygen atoms in total. The van der Waals surface area contributed by atoms with E-state index in [1.807, 2.05) is 12.1 Å². The smallest absolute Gasteiger partial charge is 0.225 e. The SMILES string of the molecule is C[C@@H]1CCC[C@@H]1C(=O)N1CCC(c2ccc(Cl)cc2)C(C)(C)C1. The predicted molar refractivity (Wildman–Crippen MR) is 95.7 cm³/mol. The van der Waals surface area contributed by atoms with Crippen molar-refractivity contribution >= 4 is 17.5 Å². The molecule has 23 heavy (non-hydrogen) atoms. The molecule has 0 radical (unpaired) electrons. The molecule has 2 fully saturated rings. The van der Waals surface area contributed by atoms with Crippen molar-refractivity contribution in [3.05, 3.63) is 34.9 Å². The van der Waals surface area contributed by atoms with Gasteiger partial charge in [0.25, 0.3) is 0 Å². The molecular formula is C20H28ClNO. The minimum atomic E-state index is 0.101. The van der Waals surface area contributed by atoms with Crippen molar-refractivity contribution in [1.29, 1.82) is 0 Å². The number of carbonyl (C=O) groups is 1. The molecule has 1 aromatic carbocycles. The van der Waals surface area contributed by atoms with Crippen LogP contribution in [0, 0.1) is 17.3 Å². The van der Waals surface area contributed by atoms with E-state index in [1.165, 1.54) is 18.4 Å². The Labute approximate surface area is 145 Å². The molecule has 1 amide bonds. The maximum atomic E-state index is 12.9. The lowest BCUT2D eigenvalue weighted by Gasteiger charge is -2.45. The van der Waals surface area contributed by atoms with Gasteiger partial charge in [0, 0.05) is 24.0 Å². The lowest BCUT2D eigenvalue weighted by atomic mass is 9.70. The van der Waals surface area contributed by atoms with Crippen molar-refractivity contribution in [2.24, 2.45) is 17.3 Å². The van der Waals surface area contributed by atoms with Crippen molar-refractivity contribution in [1.82, 2.24) is 4.90 Å². The van der Waals surface area contributed by atoms with Gasteiger partial charge >= 0.3 is 0 Å². The molecule has 0 spiro atoms. The van der Waals surface area contributed by atoms with E-state index in [9.17, 15) is 4.79 Å². The maximum absolute atomic E-state index is 12.9. The zero-order valence-electron chi connectivity index (χ0n) is 14.5. The molecule has 0 aromatic heterocycles. The predicted octanol–water partition coefficient (Wildman–Crippen LogP) is 5.12. The normalized spacial score (nSPS) is 30.4. The molecule has 3 heteroatoms. The molecule has 1 heterocycles. The number of amides is 1. The average molecular weight is 334 g/mol. The van der Waals surface area contributed by atoms with Crippen LogP contribution in [0.2, 0.25) is 5.02 Å². The number of nitrogens with zero attached hydrogens (tertiary/aromatic N) is 1. The third-order valence-electron chi connectivity index (χ3n) is 5.99. The number of carbonyl (C=O) groups excluding carboxylic acids is 1. The van der Waals surface area contributed by atoms with Crippen molar-refractivity contribution in [3.8, 4) is 0 Å². The Kier molecular flexibility index (Phi) is 4.73. The number of likely N-dealkylation sites (tertiary alicyclic amines) is 1. The van der Waals surface area contributed by atoms with Crippen LogP contribution in [0.1, 0.15) is 57.9 Å². The molecule has 1 aliphatic carbocycles. The van der Waals surface area contributed by atoms with Crippen LogP contribution in [-0.4, -0.2) is 23.9 Å². The maximum Gasteiger partial charge on any atom is 0.225 e. The first kappa shape index (κ1) is 16.8. The largest absolute Gasteiger partial charge is 0.342 e. The summed E-state index contributed by atoms with van der Waals surface area (Å²) < 4.78 is 0. The second kappa shape index (κ2) is 6.47. The number of benzene rings is 1. The van der Waals surface area contributed by atoms with Crippen LogP contribution >= 0.6 is 11.6 Å². The van der Waals surface area contributed by atoms with Crippen molar-refractivity contribution in [2.45, 2.75) is 52.4 Å². The summed E-state index contributed by atoms with van der Waals surface area (Å²) >= 11 is 6.02. The van der Waals surface area contributed by atoms with Gasteiger partial charge in [-0.1, -0.05) is 50.9 Å². The quantitative estimate of drug-likeness (QED) is 0.735. The Balaban J connectivity index is 1.72. The van der Waals surface area contributed by atoms with Gasteiger partial charge in [0.1, 0.15) is 0 Å². The van der Waals surface area contributed by atoms with E-state index >= 15 is 0 Å². The lowest BCUT2D eigenvalue weighted by Crippen LogP contribution is -2.49. The zero-order chi connectivity index (χ0) is 16.6. The van der Waals surface area contributed by atoms with Crippen LogP contribution in [0.3, 0.4) is 0 Å². The first-order valence-electron chi connectivity index (χ1n) is 8.93. The molecule has 2 aliphatic rings. The fraction of sp³-hybridized carbons (Fsp3) is 0.650. The second-order valence-corrected chi connectivity index (χ2v) is 8.59. The number of halogens is 1. The third-order valence-corrected chi connectivity index (χ3v) is 6.24. The van der Waals surface area contributed by atoms with E-state index in [0.29, 0.717) is 17.7 Å². The summed E-state index contributed by atoms with van der Waals surface area (Å²) in [7, 11) is 0. The standard InChI is InChI=1S/C20H28ClNO/c1-14-5-4-6-17(14)19(23)22-12-11-18(20(2,3)13-22)15-7-9-16(21)10-8-15/h7-10,14,17-18H,4-6,11-13H2,1-3H3/t14-,17+,18?/m1/s1. The van der Waals surface area contributed by atoms with Gasteiger partial charge in [-0.25, -0.2) is 0 Å². The fourth-order valence-corrected chi connectivity index (χ4v) is 4.73. The Morgan fingerprint density at radius 2 is 1.87 bits per heavy atom. The average Bonchev–Trinajstić information content (AvgIpc) is 2.93. The Bertz CT molecular complexity index is 566. The highest BCUT2D eigenvalue weighted by atomic mass is 35.5. The van der Waals surface area contributed by atoms with Crippen LogP contribution in [0.5, 0.6) is 0 Å². The van der Waals surface area contributed by atoms with Gasteiger partial charge in [0.05, 0.1) is 0 Å². The Hall–Kier alpha value is -1.02. The second-order valence-electron chi connectivity index (χ2n) is 8.16. The van der Waals surface area contributed by atoms with E-state index in [2.05, 4.69) is 37.8 Å². The first-order valence-corrected chi connectivity index (χ1v) is 9.30. The molecule has 1 unspecified atom stereocenters. The van der Waals surface area contributed by atoms with Gasteiger partial charge in [0.15, 0.2) is 0 Å². The summed E-state index contributed by atoms with van der Waals surface area (Å²) in [6, 6.07) is 8.24. The molecule has 0 N–H and O–H groups in total. The van der Waals surface area contributed by atoms with Crippen molar-refractivity contribution < 1.29 is 4.79 Å². The lowest BCUT2D eigenvalue weighted by molar-refractivity contribution is -0.140. The van der Waals surface area contributed by atoms with Gasteiger partial charge < -0.3 is 4.90 Å². The molecule has 126 valence electrons. The van der Waals surface area contributed by atoms with E-state index in [-0.39, 0.29) is 11.3 Å². The van der Waals surface area contributed by atoms with Crippen molar-refractivity contribution in [2.75, 3.05) is 13.1 Å². The topological polar surface area (TPSA) is 20.3 Å². The monoisotopic (exact) mass is 333 g/mol. The van der Waals surface area contributed by atoms with Gasteiger partial charge in [-0.05, 0) is 54.2 Å². The van der Waals surface area contributed by atoms with E-state index < -0.39 is 0 Å². The minimum absolute atomic E-state index is 0.101. The van der Waals surface area contributed by atoms with Gasteiger partial charge in [0.2, 0.25) is 5.91 Å².